The number of carbonyl (C=O) groups excluding carboxylic acids is 1. The number of halogens is 6. The minimum absolute atomic E-state index is 0.138. The van der Waals surface area contributed by atoms with Crippen LogP contribution in [0.1, 0.15) is 15.9 Å². The molecule has 0 saturated carbocycles. The number of thiocarbonyl (C=S) groups is 1. The smallest absolute Gasteiger partial charge is 0.332 e. The van der Waals surface area contributed by atoms with Crippen molar-refractivity contribution in [3.8, 4) is 0 Å². The highest BCUT2D eigenvalue weighted by Gasteiger charge is 2.34. The van der Waals surface area contributed by atoms with E-state index in [2.05, 4.69) is 26.6 Å². The lowest BCUT2D eigenvalue weighted by Crippen LogP contribution is -2.34. The number of nitrogens with one attached hydrogen (secondary N) is 2. The molecule has 1 amide bonds. The van der Waals surface area contributed by atoms with Gasteiger partial charge in [-0.05, 0) is 71.2 Å². The highest BCUT2D eigenvalue weighted by atomic mass is 127. The molecule has 132 valence electrons. The zero-order chi connectivity index (χ0) is 18.8. The van der Waals surface area contributed by atoms with Crippen molar-refractivity contribution in [2.45, 2.75) is 6.18 Å². The van der Waals surface area contributed by atoms with Crippen molar-refractivity contribution in [1.29, 1.82) is 0 Å². The van der Waals surface area contributed by atoms with Crippen LogP contribution in [0.5, 0.6) is 0 Å². The van der Waals surface area contributed by atoms with E-state index in [4.69, 9.17) is 23.8 Å². The fourth-order valence-corrected chi connectivity index (χ4v) is 3.11. The third-order valence-electron chi connectivity index (χ3n) is 2.94. The van der Waals surface area contributed by atoms with E-state index in [0.717, 1.165) is 6.07 Å². The average Bonchev–Trinajstić information content (AvgIpc) is 2.50. The van der Waals surface area contributed by atoms with Crippen molar-refractivity contribution in [3.05, 3.63) is 60.6 Å². The molecule has 0 spiro atoms. The zero-order valence-corrected chi connectivity index (χ0v) is 17.4. The van der Waals surface area contributed by atoms with Crippen LogP contribution >= 0.6 is 62.3 Å². The van der Waals surface area contributed by atoms with Crippen LogP contribution < -0.4 is 10.6 Å². The summed E-state index contributed by atoms with van der Waals surface area (Å²) in [6, 6.07) is 8.36. The first kappa shape index (κ1) is 20.4. The van der Waals surface area contributed by atoms with Crippen molar-refractivity contribution in [3.63, 3.8) is 0 Å². The van der Waals surface area contributed by atoms with Gasteiger partial charge >= 0.3 is 6.18 Å². The number of benzene rings is 2. The van der Waals surface area contributed by atoms with Crippen LogP contribution in [0.25, 0.3) is 0 Å². The van der Waals surface area contributed by atoms with Crippen molar-refractivity contribution >= 4 is 79.0 Å². The molecule has 2 N–H and O–H groups in total. The van der Waals surface area contributed by atoms with E-state index < -0.39 is 17.6 Å². The lowest BCUT2D eigenvalue weighted by molar-refractivity contribution is -0.136. The van der Waals surface area contributed by atoms with Crippen molar-refractivity contribution in [2.24, 2.45) is 0 Å². The van der Waals surface area contributed by atoms with Gasteiger partial charge in [0.2, 0.25) is 0 Å². The van der Waals surface area contributed by atoms with Crippen LogP contribution in [0.3, 0.4) is 0 Å². The van der Waals surface area contributed by atoms with E-state index in [-0.39, 0.29) is 21.4 Å². The topological polar surface area (TPSA) is 41.1 Å². The van der Waals surface area contributed by atoms with E-state index in [1.807, 2.05) is 0 Å². The summed E-state index contributed by atoms with van der Waals surface area (Å²) in [5, 5.41) is 4.63. The Balaban J connectivity index is 2.18. The van der Waals surface area contributed by atoms with Gasteiger partial charge in [-0.25, -0.2) is 0 Å². The predicted octanol–water partition coefficient (Wildman–Crippen LogP) is 5.85. The van der Waals surface area contributed by atoms with Gasteiger partial charge in [0.1, 0.15) is 0 Å². The Labute approximate surface area is 173 Å². The molecule has 0 radical (unpaired) electrons. The molecule has 2 aromatic rings. The standard InChI is InChI=1S/C15H8BrClF3IN2OS/c16-7-1-3-11(17)9(5-7)13(24)23-14(25)22-12-4-2-8(21)6-10(12)15(18,19)20/h1-6H,(H2,22,23,24,25). The molecule has 0 aromatic heterocycles. The van der Waals surface area contributed by atoms with Crippen LogP contribution in [0.2, 0.25) is 5.02 Å². The van der Waals surface area contributed by atoms with Gasteiger partial charge in [0.25, 0.3) is 5.91 Å². The lowest BCUT2D eigenvalue weighted by atomic mass is 10.1. The number of hydrogen-bond donors (Lipinski definition) is 2. The van der Waals surface area contributed by atoms with Crippen molar-refractivity contribution in [1.82, 2.24) is 5.32 Å². The Morgan fingerprint density at radius 3 is 2.52 bits per heavy atom. The number of alkyl halides is 3. The van der Waals surface area contributed by atoms with Gasteiger partial charge in [0.15, 0.2) is 5.11 Å². The Morgan fingerprint density at radius 1 is 1.20 bits per heavy atom. The third kappa shape index (κ3) is 5.53. The zero-order valence-electron chi connectivity index (χ0n) is 12.0. The molecular formula is C15H8BrClF3IN2OS. The summed E-state index contributed by atoms with van der Waals surface area (Å²) >= 11 is 15.9. The third-order valence-corrected chi connectivity index (χ3v) is 4.63. The second-order valence-electron chi connectivity index (χ2n) is 4.72. The quantitative estimate of drug-likeness (QED) is 0.356. The summed E-state index contributed by atoms with van der Waals surface area (Å²) in [4.78, 5) is 12.2. The Bertz CT molecular complexity index is 848. The fraction of sp³-hybridized carbons (Fsp3) is 0.0667. The van der Waals surface area contributed by atoms with E-state index in [9.17, 15) is 18.0 Å². The van der Waals surface area contributed by atoms with Gasteiger partial charge in [-0.3, -0.25) is 10.1 Å². The molecule has 10 heteroatoms. The average molecular weight is 564 g/mol. The highest BCUT2D eigenvalue weighted by molar-refractivity contribution is 14.1. The number of carbonyl (C=O) groups is 1. The summed E-state index contributed by atoms with van der Waals surface area (Å²) in [6.45, 7) is 0. The molecule has 2 aromatic carbocycles. The summed E-state index contributed by atoms with van der Waals surface area (Å²) in [5.41, 5.74) is -0.992. The molecule has 0 heterocycles. The maximum atomic E-state index is 13.1. The minimum Gasteiger partial charge on any atom is -0.332 e. The molecule has 2 rings (SSSR count). The number of anilines is 1. The maximum Gasteiger partial charge on any atom is 0.418 e. The van der Waals surface area contributed by atoms with Crippen molar-refractivity contribution in [2.75, 3.05) is 5.32 Å². The first-order chi connectivity index (χ1) is 11.6. The second-order valence-corrected chi connectivity index (χ2v) is 7.70. The molecule has 0 saturated heterocycles. The second kappa shape index (κ2) is 8.19. The van der Waals surface area contributed by atoms with E-state index in [0.29, 0.717) is 8.04 Å². The largest absolute Gasteiger partial charge is 0.418 e. The van der Waals surface area contributed by atoms with Crippen molar-refractivity contribution < 1.29 is 18.0 Å². The first-order valence-corrected chi connectivity index (χ1v) is 9.18. The van der Waals surface area contributed by atoms with Gasteiger partial charge in [-0.1, -0.05) is 27.5 Å². The van der Waals surface area contributed by atoms with Gasteiger partial charge in [-0.15, -0.1) is 0 Å². The van der Waals surface area contributed by atoms with Crippen LogP contribution in [-0.4, -0.2) is 11.0 Å². The molecule has 0 atom stereocenters. The van der Waals surface area contributed by atoms with Crippen LogP contribution in [0.15, 0.2) is 40.9 Å². The summed E-state index contributed by atoms with van der Waals surface area (Å²) in [5.74, 6) is -0.636. The molecule has 0 aliphatic carbocycles. The molecule has 25 heavy (non-hydrogen) atoms. The molecule has 0 aliphatic heterocycles. The number of amides is 1. The molecular weight excluding hydrogens is 556 g/mol. The minimum atomic E-state index is -4.56. The van der Waals surface area contributed by atoms with Gasteiger partial charge in [0, 0.05) is 8.04 Å². The van der Waals surface area contributed by atoms with Gasteiger partial charge < -0.3 is 5.32 Å². The SMILES string of the molecule is O=C(NC(=S)Nc1ccc(I)cc1C(F)(F)F)c1cc(Br)ccc1Cl. The van der Waals surface area contributed by atoms with Gasteiger partial charge in [-0.2, -0.15) is 13.2 Å². The molecule has 0 unspecified atom stereocenters. The Hall–Kier alpha value is -0.910. The molecule has 0 aliphatic rings. The summed E-state index contributed by atoms with van der Waals surface area (Å²) in [6.07, 6.45) is -4.56. The van der Waals surface area contributed by atoms with Gasteiger partial charge in [0.05, 0.1) is 21.8 Å². The number of hydrogen-bond acceptors (Lipinski definition) is 2. The Morgan fingerprint density at radius 2 is 1.88 bits per heavy atom. The first-order valence-electron chi connectivity index (χ1n) is 6.52. The lowest BCUT2D eigenvalue weighted by Gasteiger charge is -2.16. The summed E-state index contributed by atoms with van der Waals surface area (Å²) in [7, 11) is 0. The fourth-order valence-electron chi connectivity index (χ4n) is 1.86. The Kier molecular flexibility index (Phi) is 6.68. The molecule has 3 nitrogen and oxygen atoms in total. The van der Waals surface area contributed by atoms with Crippen LogP contribution in [0.4, 0.5) is 18.9 Å². The van der Waals surface area contributed by atoms with E-state index in [1.165, 1.54) is 24.3 Å². The monoisotopic (exact) mass is 562 g/mol. The highest BCUT2D eigenvalue weighted by Crippen LogP contribution is 2.35. The molecule has 0 bridgehead atoms. The number of rotatable bonds is 2. The van der Waals surface area contributed by atoms with Crippen LogP contribution in [0, 0.1) is 3.57 Å². The van der Waals surface area contributed by atoms with E-state index >= 15 is 0 Å². The van der Waals surface area contributed by atoms with Crippen LogP contribution in [-0.2, 0) is 6.18 Å². The normalized spacial score (nSPS) is 11.1. The summed E-state index contributed by atoms with van der Waals surface area (Å²) < 4.78 is 40.4. The maximum absolute atomic E-state index is 13.1. The molecule has 0 fully saturated rings. The van der Waals surface area contributed by atoms with E-state index in [1.54, 1.807) is 28.7 Å². The predicted molar refractivity (Wildman–Crippen MR) is 107 cm³/mol.